The van der Waals surface area contributed by atoms with Gasteiger partial charge in [0.1, 0.15) is 11.6 Å². The molecular formula is C15H24FNO. The molecule has 0 aliphatic heterocycles. The van der Waals surface area contributed by atoms with Crippen molar-refractivity contribution in [3.05, 3.63) is 29.6 Å². The van der Waals surface area contributed by atoms with Gasteiger partial charge in [0.2, 0.25) is 0 Å². The van der Waals surface area contributed by atoms with Crippen LogP contribution in [0.1, 0.15) is 39.2 Å². The maximum Gasteiger partial charge on any atom is 0.126 e. The number of benzene rings is 1. The molecule has 0 heterocycles. The van der Waals surface area contributed by atoms with Crippen LogP contribution in [0.2, 0.25) is 0 Å². The van der Waals surface area contributed by atoms with Crippen LogP contribution in [0.4, 0.5) is 4.39 Å². The highest BCUT2D eigenvalue weighted by molar-refractivity contribution is 5.28. The lowest BCUT2D eigenvalue weighted by molar-refractivity contribution is 0.195. The Balaban J connectivity index is 2.43. The van der Waals surface area contributed by atoms with Crippen LogP contribution in [-0.4, -0.2) is 18.7 Å². The molecule has 0 aliphatic carbocycles. The molecule has 102 valence electrons. The van der Waals surface area contributed by atoms with Gasteiger partial charge in [-0.2, -0.15) is 0 Å². The minimum Gasteiger partial charge on any atom is -0.491 e. The Morgan fingerprint density at radius 3 is 2.67 bits per heavy atom. The SMILES string of the molecule is CCCNC(C)CC(C)Oc1ccc(F)c(C)c1. The van der Waals surface area contributed by atoms with E-state index in [-0.39, 0.29) is 11.9 Å². The van der Waals surface area contributed by atoms with E-state index in [1.807, 2.05) is 6.92 Å². The molecule has 1 rings (SSSR count). The molecular weight excluding hydrogens is 229 g/mol. The van der Waals surface area contributed by atoms with E-state index >= 15 is 0 Å². The lowest BCUT2D eigenvalue weighted by atomic mass is 10.1. The van der Waals surface area contributed by atoms with Crippen molar-refractivity contribution < 1.29 is 9.13 Å². The summed E-state index contributed by atoms with van der Waals surface area (Å²) in [5.41, 5.74) is 0.622. The van der Waals surface area contributed by atoms with Crippen molar-refractivity contribution in [2.75, 3.05) is 6.54 Å². The minimum absolute atomic E-state index is 0.120. The maximum absolute atomic E-state index is 13.1. The van der Waals surface area contributed by atoms with Gasteiger partial charge in [-0.15, -0.1) is 0 Å². The number of hydrogen-bond acceptors (Lipinski definition) is 2. The molecule has 1 aromatic rings. The first-order valence-electron chi connectivity index (χ1n) is 6.69. The van der Waals surface area contributed by atoms with Gasteiger partial charge in [0.05, 0.1) is 6.10 Å². The molecule has 0 radical (unpaired) electrons. The molecule has 18 heavy (non-hydrogen) atoms. The van der Waals surface area contributed by atoms with E-state index in [1.165, 1.54) is 6.07 Å². The number of nitrogens with one attached hydrogen (secondary N) is 1. The molecule has 0 bridgehead atoms. The summed E-state index contributed by atoms with van der Waals surface area (Å²) in [6.07, 6.45) is 2.20. The quantitative estimate of drug-likeness (QED) is 0.800. The van der Waals surface area contributed by atoms with E-state index in [0.717, 1.165) is 25.1 Å². The smallest absolute Gasteiger partial charge is 0.126 e. The summed E-state index contributed by atoms with van der Waals surface area (Å²) >= 11 is 0. The molecule has 0 amide bonds. The van der Waals surface area contributed by atoms with Crippen molar-refractivity contribution >= 4 is 0 Å². The van der Waals surface area contributed by atoms with E-state index in [1.54, 1.807) is 19.1 Å². The summed E-state index contributed by atoms with van der Waals surface area (Å²) in [7, 11) is 0. The van der Waals surface area contributed by atoms with Crippen LogP contribution >= 0.6 is 0 Å². The van der Waals surface area contributed by atoms with Crippen LogP contribution in [0.5, 0.6) is 5.75 Å². The lowest BCUT2D eigenvalue weighted by Crippen LogP contribution is -2.31. The predicted octanol–water partition coefficient (Wildman–Crippen LogP) is 3.68. The van der Waals surface area contributed by atoms with Crippen LogP contribution in [0.25, 0.3) is 0 Å². The Morgan fingerprint density at radius 1 is 1.33 bits per heavy atom. The second-order valence-corrected chi connectivity index (χ2v) is 4.93. The van der Waals surface area contributed by atoms with Gasteiger partial charge in [-0.05, 0) is 63.9 Å². The van der Waals surface area contributed by atoms with E-state index in [9.17, 15) is 4.39 Å². The molecule has 0 saturated carbocycles. The number of rotatable bonds is 7. The molecule has 0 saturated heterocycles. The molecule has 2 unspecified atom stereocenters. The minimum atomic E-state index is -0.187. The van der Waals surface area contributed by atoms with Crippen molar-refractivity contribution in [1.82, 2.24) is 5.32 Å². The zero-order valence-corrected chi connectivity index (χ0v) is 11.8. The number of halogens is 1. The highest BCUT2D eigenvalue weighted by Crippen LogP contribution is 2.18. The average molecular weight is 253 g/mol. The summed E-state index contributed by atoms with van der Waals surface area (Å²) in [5, 5.41) is 3.43. The van der Waals surface area contributed by atoms with Gasteiger partial charge in [-0.1, -0.05) is 6.92 Å². The zero-order chi connectivity index (χ0) is 13.5. The van der Waals surface area contributed by atoms with Crippen LogP contribution < -0.4 is 10.1 Å². The third-order valence-electron chi connectivity index (χ3n) is 2.89. The van der Waals surface area contributed by atoms with Crippen molar-refractivity contribution in [3.63, 3.8) is 0 Å². The van der Waals surface area contributed by atoms with Crippen molar-refractivity contribution in [2.24, 2.45) is 0 Å². The Kier molecular flexibility index (Phi) is 6.13. The van der Waals surface area contributed by atoms with Crippen LogP contribution in [0.15, 0.2) is 18.2 Å². The van der Waals surface area contributed by atoms with E-state index < -0.39 is 0 Å². The Labute approximate surface area is 110 Å². The number of aryl methyl sites for hydroxylation is 1. The molecule has 0 spiro atoms. The molecule has 0 aliphatic rings. The number of ether oxygens (including phenoxy) is 1. The van der Waals surface area contributed by atoms with Crippen LogP contribution in [0.3, 0.4) is 0 Å². The monoisotopic (exact) mass is 253 g/mol. The van der Waals surface area contributed by atoms with Gasteiger partial charge >= 0.3 is 0 Å². The van der Waals surface area contributed by atoms with Gasteiger partial charge in [-0.3, -0.25) is 0 Å². The zero-order valence-electron chi connectivity index (χ0n) is 11.8. The second-order valence-electron chi connectivity index (χ2n) is 4.93. The summed E-state index contributed by atoms with van der Waals surface area (Å²) in [6, 6.07) is 5.32. The lowest BCUT2D eigenvalue weighted by Gasteiger charge is -2.20. The van der Waals surface area contributed by atoms with E-state index in [0.29, 0.717) is 11.6 Å². The standard InChI is InChI=1S/C15H24FNO/c1-5-8-17-12(3)10-13(4)18-14-6-7-15(16)11(2)9-14/h6-7,9,12-13,17H,5,8,10H2,1-4H3. The Bertz CT molecular complexity index is 368. The number of hydrogen-bond donors (Lipinski definition) is 1. The van der Waals surface area contributed by atoms with Crippen LogP contribution in [-0.2, 0) is 0 Å². The maximum atomic E-state index is 13.1. The Hall–Kier alpha value is -1.09. The average Bonchev–Trinajstić information content (AvgIpc) is 2.31. The molecule has 2 nitrogen and oxygen atoms in total. The van der Waals surface area contributed by atoms with Gasteiger partial charge in [0.25, 0.3) is 0 Å². The summed E-state index contributed by atoms with van der Waals surface area (Å²) in [5.74, 6) is 0.553. The first-order valence-corrected chi connectivity index (χ1v) is 6.69. The Morgan fingerprint density at radius 2 is 2.06 bits per heavy atom. The molecule has 1 N–H and O–H groups in total. The normalized spacial score (nSPS) is 14.3. The van der Waals surface area contributed by atoms with Crippen LogP contribution in [0, 0.1) is 12.7 Å². The van der Waals surface area contributed by atoms with Gasteiger partial charge in [-0.25, -0.2) is 4.39 Å². The fourth-order valence-corrected chi connectivity index (χ4v) is 1.94. The molecule has 3 heteroatoms. The fourth-order valence-electron chi connectivity index (χ4n) is 1.94. The largest absolute Gasteiger partial charge is 0.491 e. The van der Waals surface area contributed by atoms with E-state index in [2.05, 4.69) is 19.2 Å². The van der Waals surface area contributed by atoms with Gasteiger partial charge < -0.3 is 10.1 Å². The van der Waals surface area contributed by atoms with Gasteiger partial charge in [0.15, 0.2) is 0 Å². The molecule has 0 fully saturated rings. The van der Waals surface area contributed by atoms with Crippen molar-refractivity contribution in [2.45, 2.75) is 52.7 Å². The summed E-state index contributed by atoms with van der Waals surface area (Å²) < 4.78 is 18.9. The highest BCUT2D eigenvalue weighted by Gasteiger charge is 2.10. The van der Waals surface area contributed by atoms with Gasteiger partial charge in [0, 0.05) is 6.04 Å². The topological polar surface area (TPSA) is 21.3 Å². The molecule has 1 aromatic carbocycles. The van der Waals surface area contributed by atoms with Crippen molar-refractivity contribution in [1.29, 1.82) is 0 Å². The third-order valence-corrected chi connectivity index (χ3v) is 2.89. The predicted molar refractivity (Wildman–Crippen MR) is 73.6 cm³/mol. The fraction of sp³-hybridized carbons (Fsp3) is 0.600. The third kappa shape index (κ3) is 5.05. The first-order chi connectivity index (χ1) is 8.52. The first kappa shape index (κ1) is 15.0. The molecule has 2 atom stereocenters. The summed E-state index contributed by atoms with van der Waals surface area (Å²) in [6.45, 7) is 9.14. The second kappa shape index (κ2) is 7.37. The molecule has 0 aromatic heterocycles. The summed E-state index contributed by atoms with van der Waals surface area (Å²) in [4.78, 5) is 0. The van der Waals surface area contributed by atoms with E-state index in [4.69, 9.17) is 4.74 Å². The highest BCUT2D eigenvalue weighted by atomic mass is 19.1. The van der Waals surface area contributed by atoms with Crippen molar-refractivity contribution in [3.8, 4) is 5.75 Å².